The van der Waals surface area contributed by atoms with Crippen molar-refractivity contribution in [3.63, 3.8) is 0 Å². The van der Waals surface area contributed by atoms with Gasteiger partial charge in [-0.2, -0.15) is 0 Å². The lowest BCUT2D eigenvalue weighted by molar-refractivity contribution is -0.0809. The average Bonchev–Trinajstić information content (AvgIpc) is 2.55. The third-order valence-electron chi connectivity index (χ3n) is 4.66. The minimum absolute atomic E-state index is 0.772. The highest BCUT2D eigenvalue weighted by molar-refractivity contribution is 4.92. The van der Waals surface area contributed by atoms with E-state index in [4.69, 9.17) is 4.74 Å². The molecule has 0 radical (unpaired) electrons. The summed E-state index contributed by atoms with van der Waals surface area (Å²) in [6.07, 6.45) is 8.94. The highest BCUT2D eigenvalue weighted by atomic mass is 16.5. The minimum Gasteiger partial charge on any atom is -0.378 e. The molecule has 1 aliphatic carbocycles. The molecule has 2 saturated heterocycles. The first-order valence-electron chi connectivity index (χ1n) is 6.20. The summed E-state index contributed by atoms with van der Waals surface area (Å²) >= 11 is 0. The van der Waals surface area contributed by atoms with Crippen LogP contribution in [0, 0.1) is 5.41 Å². The third-order valence-corrected chi connectivity index (χ3v) is 4.66. The van der Waals surface area contributed by atoms with Crippen LogP contribution in [0.25, 0.3) is 0 Å². The molecule has 3 rings (SSSR count). The Balaban J connectivity index is 1.55. The first-order chi connectivity index (χ1) is 6.88. The molecule has 0 aromatic rings. The second kappa shape index (κ2) is 3.49. The van der Waals surface area contributed by atoms with Gasteiger partial charge in [-0.1, -0.05) is 12.8 Å². The number of rotatable bonds is 1. The van der Waals surface area contributed by atoms with Crippen LogP contribution in [-0.4, -0.2) is 37.2 Å². The summed E-state index contributed by atoms with van der Waals surface area (Å²) in [5.41, 5.74) is 0.779. The quantitative estimate of drug-likeness (QED) is 0.635. The predicted octanol–water partition coefficient (Wildman–Crippen LogP) is 2.04. The van der Waals surface area contributed by atoms with Crippen LogP contribution in [0.4, 0.5) is 0 Å². The fraction of sp³-hybridized carbons (Fsp3) is 1.00. The van der Waals surface area contributed by atoms with Crippen molar-refractivity contribution in [1.82, 2.24) is 4.90 Å². The van der Waals surface area contributed by atoms with Crippen molar-refractivity contribution in [2.24, 2.45) is 5.41 Å². The van der Waals surface area contributed by atoms with Crippen LogP contribution >= 0.6 is 0 Å². The van der Waals surface area contributed by atoms with Gasteiger partial charge in [0.05, 0.1) is 19.3 Å². The monoisotopic (exact) mass is 195 g/mol. The zero-order valence-corrected chi connectivity index (χ0v) is 9.00. The molecule has 1 spiro atoms. The van der Waals surface area contributed by atoms with E-state index >= 15 is 0 Å². The molecule has 0 bridgehead atoms. The highest BCUT2D eigenvalue weighted by Gasteiger charge is 2.39. The molecular weight excluding hydrogens is 174 g/mol. The number of hydrogen-bond donors (Lipinski definition) is 0. The van der Waals surface area contributed by atoms with E-state index in [-0.39, 0.29) is 0 Å². The number of hydrogen-bond acceptors (Lipinski definition) is 2. The molecular formula is C12H21NO. The summed E-state index contributed by atoms with van der Waals surface area (Å²) < 4.78 is 5.26. The first-order valence-corrected chi connectivity index (χ1v) is 6.20. The SMILES string of the molecule is C1CCC2(C1)CCN(C1COC1)CC2. The van der Waals surface area contributed by atoms with E-state index in [1.54, 1.807) is 0 Å². The predicted molar refractivity (Wildman–Crippen MR) is 56.3 cm³/mol. The molecule has 3 fully saturated rings. The third kappa shape index (κ3) is 1.49. The summed E-state index contributed by atoms with van der Waals surface area (Å²) in [5, 5.41) is 0. The van der Waals surface area contributed by atoms with Crippen molar-refractivity contribution < 1.29 is 4.74 Å². The Morgan fingerprint density at radius 1 is 0.929 bits per heavy atom. The van der Waals surface area contributed by atoms with Gasteiger partial charge in [-0.25, -0.2) is 0 Å². The summed E-state index contributed by atoms with van der Waals surface area (Å²) in [4.78, 5) is 2.66. The van der Waals surface area contributed by atoms with Crippen LogP contribution in [-0.2, 0) is 4.74 Å². The van der Waals surface area contributed by atoms with Crippen LogP contribution < -0.4 is 0 Å². The Bertz CT molecular complexity index is 196. The molecule has 14 heavy (non-hydrogen) atoms. The van der Waals surface area contributed by atoms with Gasteiger partial charge in [0.1, 0.15) is 0 Å². The molecule has 1 saturated carbocycles. The van der Waals surface area contributed by atoms with Crippen molar-refractivity contribution >= 4 is 0 Å². The maximum atomic E-state index is 5.26. The molecule has 0 atom stereocenters. The van der Waals surface area contributed by atoms with E-state index in [0.717, 1.165) is 24.7 Å². The molecule has 0 unspecified atom stereocenters. The second-order valence-corrected chi connectivity index (χ2v) is 5.43. The van der Waals surface area contributed by atoms with E-state index < -0.39 is 0 Å². The standard InChI is InChI=1S/C12H21NO/c1-2-4-12(3-1)5-7-13(8-6-12)11-9-14-10-11/h11H,1-10H2. The van der Waals surface area contributed by atoms with E-state index in [9.17, 15) is 0 Å². The Kier molecular flexibility index (Phi) is 2.29. The van der Waals surface area contributed by atoms with Gasteiger partial charge in [0.15, 0.2) is 0 Å². The normalized spacial score (nSPS) is 33.4. The van der Waals surface area contributed by atoms with Gasteiger partial charge >= 0.3 is 0 Å². The zero-order chi connectivity index (χ0) is 9.43. The number of piperidine rings is 1. The van der Waals surface area contributed by atoms with Gasteiger partial charge in [0.25, 0.3) is 0 Å². The van der Waals surface area contributed by atoms with Crippen LogP contribution in [0.5, 0.6) is 0 Å². The number of likely N-dealkylation sites (tertiary alicyclic amines) is 1. The van der Waals surface area contributed by atoms with Crippen LogP contribution in [0.15, 0.2) is 0 Å². The Morgan fingerprint density at radius 2 is 1.57 bits per heavy atom. The molecule has 0 aromatic heterocycles. The summed E-state index contributed by atoms with van der Waals surface area (Å²) in [5.74, 6) is 0. The van der Waals surface area contributed by atoms with E-state index in [1.807, 2.05) is 0 Å². The zero-order valence-electron chi connectivity index (χ0n) is 9.00. The number of nitrogens with zero attached hydrogens (tertiary/aromatic N) is 1. The largest absolute Gasteiger partial charge is 0.378 e. The maximum absolute atomic E-state index is 5.26. The molecule has 0 N–H and O–H groups in total. The highest BCUT2D eigenvalue weighted by Crippen LogP contribution is 2.46. The topological polar surface area (TPSA) is 12.5 Å². The fourth-order valence-corrected chi connectivity index (χ4v) is 3.42. The van der Waals surface area contributed by atoms with Crippen molar-refractivity contribution in [3.8, 4) is 0 Å². The summed E-state index contributed by atoms with van der Waals surface area (Å²) in [7, 11) is 0. The fourth-order valence-electron chi connectivity index (χ4n) is 3.42. The number of ether oxygens (including phenoxy) is 1. The van der Waals surface area contributed by atoms with Gasteiger partial charge in [-0.05, 0) is 44.2 Å². The Hall–Kier alpha value is -0.0800. The summed E-state index contributed by atoms with van der Waals surface area (Å²) in [6.45, 7) is 4.67. The van der Waals surface area contributed by atoms with Gasteiger partial charge < -0.3 is 4.74 Å². The lowest BCUT2D eigenvalue weighted by atomic mass is 9.77. The van der Waals surface area contributed by atoms with Gasteiger partial charge in [0.2, 0.25) is 0 Å². The van der Waals surface area contributed by atoms with E-state index in [2.05, 4.69) is 4.90 Å². The van der Waals surface area contributed by atoms with Crippen molar-refractivity contribution in [2.75, 3.05) is 26.3 Å². The van der Waals surface area contributed by atoms with Gasteiger partial charge in [-0.3, -0.25) is 4.90 Å². The first kappa shape index (κ1) is 9.17. The molecule has 2 heteroatoms. The molecule has 2 heterocycles. The van der Waals surface area contributed by atoms with Gasteiger partial charge in [0, 0.05) is 0 Å². The van der Waals surface area contributed by atoms with Crippen molar-refractivity contribution in [2.45, 2.75) is 44.6 Å². The molecule has 3 aliphatic rings. The average molecular weight is 195 g/mol. The van der Waals surface area contributed by atoms with E-state index in [0.29, 0.717) is 0 Å². The van der Waals surface area contributed by atoms with Crippen LogP contribution in [0.1, 0.15) is 38.5 Å². The van der Waals surface area contributed by atoms with Crippen LogP contribution in [0.2, 0.25) is 0 Å². The van der Waals surface area contributed by atoms with Crippen molar-refractivity contribution in [1.29, 1.82) is 0 Å². The Labute approximate surface area is 86.6 Å². The van der Waals surface area contributed by atoms with E-state index in [1.165, 1.54) is 51.6 Å². The summed E-state index contributed by atoms with van der Waals surface area (Å²) in [6, 6.07) is 0.772. The van der Waals surface area contributed by atoms with Crippen molar-refractivity contribution in [3.05, 3.63) is 0 Å². The molecule has 80 valence electrons. The maximum Gasteiger partial charge on any atom is 0.0645 e. The van der Waals surface area contributed by atoms with Gasteiger partial charge in [-0.15, -0.1) is 0 Å². The molecule has 0 aromatic carbocycles. The smallest absolute Gasteiger partial charge is 0.0645 e. The lowest BCUT2D eigenvalue weighted by Gasteiger charge is -2.45. The molecule has 0 amide bonds. The Morgan fingerprint density at radius 3 is 2.07 bits per heavy atom. The lowest BCUT2D eigenvalue weighted by Crippen LogP contribution is -2.53. The minimum atomic E-state index is 0.772. The molecule has 2 aliphatic heterocycles. The molecule has 2 nitrogen and oxygen atoms in total. The second-order valence-electron chi connectivity index (χ2n) is 5.43. The van der Waals surface area contributed by atoms with Crippen LogP contribution in [0.3, 0.4) is 0 Å².